The minimum absolute atomic E-state index is 0.265. The van der Waals surface area contributed by atoms with Gasteiger partial charge in [0.15, 0.2) is 5.78 Å². The van der Waals surface area contributed by atoms with E-state index in [-0.39, 0.29) is 11.9 Å². The molecule has 30 heavy (non-hydrogen) atoms. The summed E-state index contributed by atoms with van der Waals surface area (Å²) in [6.07, 6.45) is 1.21. The van der Waals surface area contributed by atoms with Gasteiger partial charge in [-0.15, -0.1) is 0 Å². The Balaban J connectivity index is 1.80. The number of hydrogen-bond acceptors (Lipinski definition) is 6. The van der Waals surface area contributed by atoms with E-state index < -0.39 is 16.3 Å². The van der Waals surface area contributed by atoms with Gasteiger partial charge in [-0.25, -0.2) is 5.06 Å². The third kappa shape index (κ3) is 3.19. The molecule has 1 amide bonds. The van der Waals surface area contributed by atoms with Crippen molar-refractivity contribution in [1.29, 1.82) is 0 Å². The van der Waals surface area contributed by atoms with E-state index in [1.165, 1.54) is 5.06 Å². The van der Waals surface area contributed by atoms with Crippen molar-refractivity contribution < 1.29 is 24.0 Å². The van der Waals surface area contributed by atoms with E-state index in [1.807, 2.05) is 32.9 Å². The van der Waals surface area contributed by atoms with Crippen LogP contribution in [0.3, 0.4) is 0 Å². The number of hydroxylamine groups is 4. The molecule has 164 valence electrons. The zero-order valence-corrected chi connectivity index (χ0v) is 18.8. The van der Waals surface area contributed by atoms with Crippen LogP contribution >= 0.6 is 11.6 Å². The molecule has 8 heteroatoms. The number of rotatable bonds is 4. The summed E-state index contributed by atoms with van der Waals surface area (Å²) in [4.78, 5) is 37.5. The van der Waals surface area contributed by atoms with Gasteiger partial charge < -0.3 is 9.57 Å². The number of amides is 1. The molecule has 0 saturated carbocycles. The first-order valence-electron chi connectivity index (χ1n) is 10.4. The number of halogens is 1. The Bertz CT molecular complexity index is 838. The van der Waals surface area contributed by atoms with Gasteiger partial charge >= 0.3 is 0 Å². The molecule has 3 aliphatic rings. The highest BCUT2D eigenvalue weighted by Gasteiger charge is 2.69. The third-order valence-electron chi connectivity index (χ3n) is 6.58. The van der Waals surface area contributed by atoms with Crippen molar-refractivity contribution in [2.45, 2.75) is 56.6 Å². The van der Waals surface area contributed by atoms with Crippen molar-refractivity contribution in [3.63, 3.8) is 0 Å². The number of carbonyl (C=O) groups is 2. The van der Waals surface area contributed by atoms with Gasteiger partial charge in [0, 0.05) is 26.1 Å². The van der Waals surface area contributed by atoms with Crippen LogP contribution < -0.4 is 0 Å². The number of piperidine rings is 1. The Hall–Kier alpha value is -1.51. The highest BCUT2D eigenvalue weighted by molar-refractivity contribution is 6.49. The van der Waals surface area contributed by atoms with Crippen LogP contribution in [0, 0.1) is 20.8 Å². The van der Waals surface area contributed by atoms with Gasteiger partial charge in [0.25, 0.3) is 5.91 Å². The van der Waals surface area contributed by atoms with Gasteiger partial charge in [-0.3, -0.25) is 14.4 Å². The summed E-state index contributed by atoms with van der Waals surface area (Å²) in [5, 5.41) is 3.09. The lowest BCUT2D eigenvalue weighted by molar-refractivity contribution is -0.247. The Morgan fingerprint density at radius 3 is 2.30 bits per heavy atom. The number of ketones is 1. The van der Waals surface area contributed by atoms with Crippen LogP contribution in [0.5, 0.6) is 0 Å². The van der Waals surface area contributed by atoms with Crippen molar-refractivity contribution in [2.24, 2.45) is 0 Å². The second-order valence-corrected chi connectivity index (χ2v) is 9.16. The maximum absolute atomic E-state index is 14.0. The van der Waals surface area contributed by atoms with Crippen LogP contribution in [-0.2, 0) is 28.9 Å². The highest BCUT2D eigenvalue weighted by Crippen LogP contribution is 2.51. The van der Waals surface area contributed by atoms with E-state index >= 15 is 0 Å². The van der Waals surface area contributed by atoms with Crippen molar-refractivity contribution in [3.8, 4) is 0 Å². The van der Waals surface area contributed by atoms with Crippen LogP contribution in [0.1, 0.15) is 41.5 Å². The standard InChI is InChI=1S/C22H29ClN2O5/c1-14-11-15(2)18(16(3)12-14)22(23)19(26)21(6-8-24(28-4)9-7-21)25(20(22)27)30-17-5-10-29-13-17/h11-12,17H,5-10,13H2,1-4H3. The smallest absolute Gasteiger partial charge is 0.280 e. The van der Waals surface area contributed by atoms with Gasteiger partial charge in [-0.1, -0.05) is 29.3 Å². The molecule has 0 radical (unpaired) electrons. The monoisotopic (exact) mass is 436 g/mol. The normalized spacial score (nSPS) is 29.4. The van der Waals surface area contributed by atoms with Crippen LogP contribution in [-0.4, -0.2) is 66.9 Å². The van der Waals surface area contributed by atoms with E-state index in [1.54, 1.807) is 12.2 Å². The number of Topliss-reactive ketones (excluding diaryl/α,β-unsaturated/α-hetero) is 1. The van der Waals surface area contributed by atoms with Crippen LogP contribution in [0.2, 0.25) is 0 Å². The predicted molar refractivity (Wildman–Crippen MR) is 111 cm³/mol. The fourth-order valence-corrected chi connectivity index (χ4v) is 5.70. The minimum Gasteiger partial charge on any atom is -0.379 e. The zero-order valence-electron chi connectivity index (χ0n) is 18.0. The summed E-state index contributed by atoms with van der Waals surface area (Å²) in [7, 11) is 1.61. The number of carbonyl (C=O) groups excluding carboxylic acids is 2. The molecular formula is C22H29ClN2O5. The first-order chi connectivity index (χ1) is 14.2. The molecule has 1 spiro atoms. The SMILES string of the molecule is CON1CCC2(CC1)C(=O)C(Cl)(c1c(C)cc(C)cc1C)C(=O)N2OC1CCOC1. The average molecular weight is 437 g/mol. The molecule has 3 heterocycles. The van der Waals surface area contributed by atoms with Crippen molar-refractivity contribution in [1.82, 2.24) is 10.1 Å². The lowest BCUT2D eigenvalue weighted by Gasteiger charge is -2.42. The topological polar surface area (TPSA) is 68.3 Å². The molecule has 4 rings (SSSR count). The largest absolute Gasteiger partial charge is 0.379 e. The molecule has 0 aliphatic carbocycles. The number of hydrogen-bond donors (Lipinski definition) is 0. The first kappa shape index (κ1) is 21.7. The third-order valence-corrected chi connectivity index (χ3v) is 7.10. The lowest BCUT2D eigenvalue weighted by Crippen LogP contribution is -2.57. The first-order valence-corrected chi connectivity index (χ1v) is 10.8. The highest BCUT2D eigenvalue weighted by atomic mass is 35.5. The zero-order chi connectivity index (χ0) is 21.7. The Kier molecular flexibility index (Phi) is 5.70. The molecule has 3 saturated heterocycles. The van der Waals surface area contributed by atoms with Crippen LogP contribution in [0.25, 0.3) is 0 Å². The Morgan fingerprint density at radius 2 is 1.77 bits per heavy atom. The Labute approximate surface area is 182 Å². The molecule has 2 atom stereocenters. The van der Waals surface area contributed by atoms with Crippen LogP contribution in [0.4, 0.5) is 0 Å². The molecule has 0 N–H and O–H groups in total. The number of aryl methyl sites for hydroxylation is 3. The maximum Gasteiger partial charge on any atom is 0.280 e. The molecule has 7 nitrogen and oxygen atoms in total. The molecular weight excluding hydrogens is 408 g/mol. The summed E-state index contributed by atoms with van der Waals surface area (Å²) in [6, 6.07) is 3.92. The number of alkyl halides is 1. The second kappa shape index (κ2) is 7.88. The van der Waals surface area contributed by atoms with E-state index in [9.17, 15) is 9.59 Å². The summed E-state index contributed by atoms with van der Waals surface area (Å²) in [6.45, 7) is 7.78. The molecule has 1 aromatic rings. The molecule has 3 aliphatic heterocycles. The van der Waals surface area contributed by atoms with Crippen molar-refractivity contribution in [3.05, 3.63) is 34.4 Å². The van der Waals surface area contributed by atoms with Gasteiger partial charge in [-0.2, -0.15) is 5.06 Å². The summed E-state index contributed by atoms with van der Waals surface area (Å²) >= 11 is 7.04. The lowest BCUT2D eigenvalue weighted by atomic mass is 9.78. The minimum atomic E-state index is -1.80. The Morgan fingerprint density at radius 1 is 1.13 bits per heavy atom. The summed E-state index contributed by atoms with van der Waals surface area (Å²) < 4.78 is 5.42. The molecule has 3 fully saturated rings. The summed E-state index contributed by atoms with van der Waals surface area (Å²) in [5.74, 6) is -0.798. The summed E-state index contributed by atoms with van der Waals surface area (Å²) in [5.41, 5.74) is 2.19. The number of nitrogens with zero attached hydrogens (tertiary/aromatic N) is 2. The molecule has 0 bridgehead atoms. The van der Waals surface area contributed by atoms with Crippen molar-refractivity contribution in [2.75, 3.05) is 33.4 Å². The van der Waals surface area contributed by atoms with Gasteiger partial charge in [-0.05, 0) is 50.3 Å². The maximum atomic E-state index is 14.0. The fraction of sp³-hybridized carbons (Fsp3) is 0.636. The quantitative estimate of drug-likeness (QED) is 0.533. The molecule has 1 aromatic carbocycles. The van der Waals surface area contributed by atoms with Gasteiger partial charge in [0.2, 0.25) is 4.87 Å². The number of ether oxygens (including phenoxy) is 1. The number of benzene rings is 1. The molecule has 0 aromatic heterocycles. The van der Waals surface area contributed by atoms with E-state index in [4.69, 9.17) is 26.0 Å². The average Bonchev–Trinajstić information content (AvgIpc) is 3.27. The van der Waals surface area contributed by atoms with E-state index in [0.717, 1.165) is 16.7 Å². The second-order valence-electron chi connectivity index (χ2n) is 8.60. The molecule has 2 unspecified atom stereocenters. The predicted octanol–water partition coefficient (Wildman–Crippen LogP) is 2.57. The fourth-order valence-electron chi connectivity index (χ4n) is 5.15. The van der Waals surface area contributed by atoms with Crippen molar-refractivity contribution >= 4 is 23.3 Å². The van der Waals surface area contributed by atoms with Crippen LogP contribution in [0.15, 0.2) is 12.1 Å². The van der Waals surface area contributed by atoms with E-state index in [0.29, 0.717) is 51.1 Å². The van der Waals surface area contributed by atoms with Gasteiger partial charge in [0.1, 0.15) is 11.6 Å². The van der Waals surface area contributed by atoms with E-state index in [2.05, 4.69) is 0 Å². The van der Waals surface area contributed by atoms with Gasteiger partial charge in [0.05, 0.1) is 13.7 Å².